The maximum Gasteiger partial charge on any atom is 0.357 e. The Morgan fingerprint density at radius 1 is 1.42 bits per heavy atom. The zero-order valence-corrected chi connectivity index (χ0v) is 11.5. The molecule has 0 amide bonds. The summed E-state index contributed by atoms with van der Waals surface area (Å²) < 4.78 is 28.2. The third kappa shape index (κ3) is 2.65. The number of hydrogen-bond acceptors (Lipinski definition) is 6. The summed E-state index contributed by atoms with van der Waals surface area (Å²) in [7, 11) is -2.35. The average Bonchev–Trinajstić information content (AvgIpc) is 3.19. The number of ether oxygens (including phenoxy) is 1. The summed E-state index contributed by atoms with van der Waals surface area (Å²) in [5.41, 5.74) is 0.0496. The molecule has 0 aromatic carbocycles. The molecule has 0 atom stereocenters. The summed E-state index contributed by atoms with van der Waals surface area (Å²) >= 11 is 0. The van der Waals surface area contributed by atoms with Crippen molar-refractivity contribution in [3.05, 3.63) is 23.7 Å². The van der Waals surface area contributed by atoms with Crippen molar-refractivity contribution in [2.75, 3.05) is 13.4 Å². The molecule has 1 aromatic heterocycles. The van der Waals surface area contributed by atoms with Gasteiger partial charge in [0.05, 0.1) is 7.11 Å². The quantitative estimate of drug-likeness (QED) is 0.609. The fourth-order valence-corrected chi connectivity index (χ4v) is 2.55. The maximum atomic E-state index is 11.8. The largest absolute Gasteiger partial charge is 0.464 e. The van der Waals surface area contributed by atoms with Crippen LogP contribution in [0.4, 0.5) is 0 Å². The smallest absolute Gasteiger partial charge is 0.357 e. The Balaban J connectivity index is 2.74. The number of esters is 1. The van der Waals surface area contributed by atoms with E-state index in [4.69, 9.17) is 0 Å². The Hall–Kier alpha value is -1.76. The van der Waals surface area contributed by atoms with Crippen LogP contribution in [0.15, 0.2) is 11.6 Å². The minimum Gasteiger partial charge on any atom is -0.464 e. The topological polar surface area (TPSA) is 86.2 Å². The van der Waals surface area contributed by atoms with E-state index in [-0.39, 0.29) is 22.2 Å². The van der Waals surface area contributed by atoms with Gasteiger partial charge >= 0.3 is 5.97 Å². The maximum absolute atomic E-state index is 11.8. The Kier molecular flexibility index (Phi) is 3.40. The molecule has 102 valence electrons. The van der Waals surface area contributed by atoms with Crippen molar-refractivity contribution in [1.29, 1.82) is 0 Å². The van der Waals surface area contributed by atoms with Gasteiger partial charge in [-0.1, -0.05) is 12.7 Å². The fraction of sp³-hybridized carbons (Fsp3) is 0.417. The van der Waals surface area contributed by atoms with Crippen LogP contribution in [0.2, 0.25) is 0 Å². The molecule has 1 aliphatic carbocycles. The first-order valence-corrected chi connectivity index (χ1v) is 7.60. The molecule has 2 rings (SSSR count). The number of sulfone groups is 1. The van der Waals surface area contributed by atoms with E-state index in [1.807, 2.05) is 0 Å². The normalized spacial score (nSPS) is 15.1. The van der Waals surface area contributed by atoms with E-state index < -0.39 is 15.8 Å². The van der Waals surface area contributed by atoms with Gasteiger partial charge in [-0.15, -0.1) is 0 Å². The minimum absolute atomic E-state index is 0.0465. The summed E-state index contributed by atoms with van der Waals surface area (Å²) in [6.07, 6.45) is 4.11. The molecule has 1 aromatic rings. The molecular formula is C12H14N2O4S. The van der Waals surface area contributed by atoms with E-state index in [9.17, 15) is 13.2 Å². The molecule has 7 heteroatoms. The highest BCUT2D eigenvalue weighted by atomic mass is 32.2. The van der Waals surface area contributed by atoms with Gasteiger partial charge in [-0.05, 0) is 12.8 Å². The molecule has 0 spiro atoms. The highest BCUT2D eigenvalue weighted by Gasteiger charge is 2.31. The number of aromatic nitrogens is 2. The molecule has 19 heavy (non-hydrogen) atoms. The second-order valence-electron chi connectivity index (χ2n) is 4.39. The molecule has 1 fully saturated rings. The number of methoxy groups -OCH3 is 1. The van der Waals surface area contributed by atoms with E-state index in [1.54, 1.807) is 0 Å². The van der Waals surface area contributed by atoms with Gasteiger partial charge in [-0.2, -0.15) is 0 Å². The molecule has 0 saturated heterocycles. The van der Waals surface area contributed by atoms with Crippen molar-refractivity contribution in [2.24, 2.45) is 0 Å². The lowest BCUT2D eigenvalue weighted by atomic mass is 10.2. The number of carbonyl (C=O) groups excluding carboxylic acids is 1. The monoisotopic (exact) mass is 282 g/mol. The van der Waals surface area contributed by atoms with Gasteiger partial charge in [0.15, 0.2) is 20.6 Å². The van der Waals surface area contributed by atoms with Gasteiger partial charge in [0.1, 0.15) is 5.82 Å². The molecule has 1 aliphatic rings. The Morgan fingerprint density at radius 3 is 2.47 bits per heavy atom. The molecule has 0 N–H and O–H groups in total. The van der Waals surface area contributed by atoms with E-state index in [0.29, 0.717) is 5.82 Å². The van der Waals surface area contributed by atoms with E-state index >= 15 is 0 Å². The van der Waals surface area contributed by atoms with E-state index in [0.717, 1.165) is 19.1 Å². The summed E-state index contributed by atoms with van der Waals surface area (Å²) in [5.74, 6) is -0.182. The van der Waals surface area contributed by atoms with Crippen LogP contribution in [-0.4, -0.2) is 37.7 Å². The number of rotatable bonds is 4. The second-order valence-corrected chi connectivity index (χ2v) is 6.32. The molecule has 0 bridgehead atoms. The third-order valence-electron chi connectivity index (χ3n) is 2.80. The Labute approximate surface area is 111 Å². The summed E-state index contributed by atoms with van der Waals surface area (Å²) in [4.78, 5) is 19.9. The van der Waals surface area contributed by atoms with E-state index in [1.165, 1.54) is 13.2 Å². The van der Waals surface area contributed by atoms with Gasteiger partial charge in [0.25, 0.3) is 0 Å². The predicted octanol–water partition coefficient (Wildman–Crippen LogP) is 1.19. The van der Waals surface area contributed by atoms with Crippen LogP contribution in [0.5, 0.6) is 0 Å². The summed E-state index contributed by atoms with van der Waals surface area (Å²) in [6.45, 7) is 3.52. The highest BCUT2D eigenvalue weighted by Crippen LogP contribution is 2.39. The standard InChI is InChI=1S/C12H14N2O4S/c1-4-8-9(12(15)18-2)13-10(7-5-6-7)14-11(8)19(3,16)17/h4,7H,1,5-6H2,2-3H3. The molecule has 0 aliphatic heterocycles. The van der Waals surface area contributed by atoms with Crippen molar-refractivity contribution >= 4 is 21.9 Å². The number of carbonyl (C=O) groups is 1. The zero-order valence-electron chi connectivity index (χ0n) is 10.7. The predicted molar refractivity (Wildman–Crippen MR) is 68.5 cm³/mol. The van der Waals surface area contributed by atoms with Gasteiger partial charge in [-0.25, -0.2) is 23.2 Å². The average molecular weight is 282 g/mol. The second kappa shape index (κ2) is 4.73. The van der Waals surface area contributed by atoms with Crippen molar-refractivity contribution in [2.45, 2.75) is 23.8 Å². The molecule has 6 nitrogen and oxygen atoms in total. The molecular weight excluding hydrogens is 268 g/mol. The van der Waals surface area contributed by atoms with Crippen LogP contribution < -0.4 is 0 Å². The molecule has 1 saturated carbocycles. The summed E-state index contributed by atoms with van der Waals surface area (Å²) in [5, 5.41) is -0.167. The lowest BCUT2D eigenvalue weighted by Crippen LogP contribution is -2.15. The number of nitrogens with zero attached hydrogens (tertiary/aromatic N) is 2. The fourth-order valence-electron chi connectivity index (χ4n) is 1.71. The van der Waals surface area contributed by atoms with Crippen LogP contribution >= 0.6 is 0 Å². The Bertz CT molecular complexity index is 648. The van der Waals surface area contributed by atoms with Gasteiger partial charge < -0.3 is 4.74 Å². The van der Waals surface area contributed by atoms with Crippen LogP contribution in [0.25, 0.3) is 6.08 Å². The first-order valence-electron chi connectivity index (χ1n) is 5.71. The first kappa shape index (κ1) is 13.7. The molecule has 0 radical (unpaired) electrons. The SMILES string of the molecule is C=Cc1c(C(=O)OC)nc(C2CC2)nc1S(C)(=O)=O. The lowest BCUT2D eigenvalue weighted by molar-refractivity contribution is 0.0592. The van der Waals surface area contributed by atoms with Gasteiger partial charge in [-0.3, -0.25) is 0 Å². The number of hydrogen-bond donors (Lipinski definition) is 0. The lowest BCUT2D eigenvalue weighted by Gasteiger charge is -2.10. The van der Waals surface area contributed by atoms with Gasteiger partial charge in [0, 0.05) is 17.7 Å². The molecule has 0 unspecified atom stereocenters. The van der Waals surface area contributed by atoms with Crippen LogP contribution in [0, 0.1) is 0 Å². The molecule has 1 heterocycles. The van der Waals surface area contributed by atoms with Crippen LogP contribution in [0.3, 0.4) is 0 Å². The van der Waals surface area contributed by atoms with Crippen molar-refractivity contribution in [1.82, 2.24) is 9.97 Å². The third-order valence-corrected chi connectivity index (χ3v) is 3.82. The van der Waals surface area contributed by atoms with Crippen molar-refractivity contribution in [3.63, 3.8) is 0 Å². The summed E-state index contributed by atoms with van der Waals surface area (Å²) in [6, 6.07) is 0. The van der Waals surface area contributed by atoms with Crippen molar-refractivity contribution < 1.29 is 17.9 Å². The zero-order chi connectivity index (χ0) is 14.2. The Morgan fingerprint density at radius 2 is 2.05 bits per heavy atom. The van der Waals surface area contributed by atoms with Crippen LogP contribution in [-0.2, 0) is 14.6 Å². The first-order chi connectivity index (χ1) is 8.88. The van der Waals surface area contributed by atoms with Crippen molar-refractivity contribution in [3.8, 4) is 0 Å². The minimum atomic E-state index is -3.57. The van der Waals surface area contributed by atoms with E-state index in [2.05, 4.69) is 21.3 Å². The van der Waals surface area contributed by atoms with Crippen LogP contribution in [0.1, 0.15) is 40.6 Å². The highest BCUT2D eigenvalue weighted by molar-refractivity contribution is 7.90. The van der Waals surface area contributed by atoms with Gasteiger partial charge in [0.2, 0.25) is 0 Å².